The highest BCUT2D eigenvalue weighted by Gasteiger charge is 2.09. The van der Waals surface area contributed by atoms with E-state index in [0.29, 0.717) is 17.2 Å². The third-order valence-corrected chi connectivity index (χ3v) is 3.35. The van der Waals surface area contributed by atoms with Crippen LogP contribution in [0.1, 0.15) is 15.9 Å². The van der Waals surface area contributed by atoms with Gasteiger partial charge in [-0.1, -0.05) is 35.9 Å². The van der Waals surface area contributed by atoms with Gasteiger partial charge in [0.05, 0.1) is 16.8 Å². The third-order valence-electron chi connectivity index (χ3n) is 2.80. The Labute approximate surface area is 144 Å². The molecule has 23 heavy (non-hydrogen) atoms. The number of halogens is 2. The lowest BCUT2D eigenvalue weighted by Crippen LogP contribution is -2.18. The summed E-state index contributed by atoms with van der Waals surface area (Å²) < 4.78 is 5.38. The highest BCUT2D eigenvalue weighted by atomic mass is 35.5. The molecule has 0 saturated carbocycles. The summed E-state index contributed by atoms with van der Waals surface area (Å²) in [5, 5.41) is 4.64. The van der Waals surface area contributed by atoms with Gasteiger partial charge in [-0.15, -0.1) is 0 Å². The molecule has 6 heteroatoms. The molecule has 0 aliphatic heterocycles. The minimum atomic E-state index is -0.408. The van der Waals surface area contributed by atoms with E-state index in [2.05, 4.69) is 17.1 Å². The molecule has 0 spiro atoms. The summed E-state index contributed by atoms with van der Waals surface area (Å²) in [5.41, 5.74) is 3.54. The van der Waals surface area contributed by atoms with Crippen molar-refractivity contribution in [2.45, 2.75) is 0 Å². The summed E-state index contributed by atoms with van der Waals surface area (Å²) in [4.78, 5) is 12.0. The fourth-order valence-corrected chi connectivity index (χ4v) is 2.20. The Bertz CT molecular complexity index is 728. The number of ether oxygens (including phenoxy) is 1. The van der Waals surface area contributed by atoms with Crippen molar-refractivity contribution >= 4 is 35.3 Å². The van der Waals surface area contributed by atoms with Crippen LogP contribution in [-0.2, 0) is 0 Å². The topological polar surface area (TPSA) is 50.7 Å². The van der Waals surface area contributed by atoms with Gasteiger partial charge >= 0.3 is 0 Å². The second-order valence-corrected chi connectivity index (χ2v) is 5.34. The first-order valence-electron chi connectivity index (χ1n) is 6.72. The van der Waals surface area contributed by atoms with E-state index in [1.165, 1.54) is 12.3 Å². The summed E-state index contributed by atoms with van der Waals surface area (Å²) in [6.45, 7) is 4.03. The highest BCUT2D eigenvalue weighted by molar-refractivity contribution is 6.36. The van der Waals surface area contributed by atoms with Gasteiger partial charge in [-0.05, 0) is 48.0 Å². The Kier molecular flexibility index (Phi) is 6.20. The van der Waals surface area contributed by atoms with Crippen LogP contribution in [0.4, 0.5) is 0 Å². The van der Waals surface area contributed by atoms with Gasteiger partial charge in [-0.25, -0.2) is 5.43 Å². The molecule has 1 amide bonds. The Balaban J connectivity index is 1.95. The Morgan fingerprint density at radius 2 is 1.96 bits per heavy atom. The van der Waals surface area contributed by atoms with Gasteiger partial charge in [0.25, 0.3) is 5.91 Å². The Morgan fingerprint density at radius 3 is 2.61 bits per heavy atom. The predicted molar refractivity (Wildman–Crippen MR) is 93.7 cm³/mol. The van der Waals surface area contributed by atoms with Crippen LogP contribution < -0.4 is 10.2 Å². The van der Waals surface area contributed by atoms with E-state index < -0.39 is 5.91 Å². The lowest BCUT2D eigenvalue weighted by atomic mass is 10.2. The quantitative estimate of drug-likeness (QED) is 0.480. The SMILES string of the molecule is C=CCOc1ccc(C=NNC(=O)c2ccc(Cl)cc2Cl)cc1. The number of hydrazone groups is 1. The van der Waals surface area contributed by atoms with E-state index in [4.69, 9.17) is 27.9 Å². The second kappa shape index (κ2) is 8.36. The van der Waals surface area contributed by atoms with Crippen LogP contribution in [-0.4, -0.2) is 18.7 Å². The van der Waals surface area contributed by atoms with E-state index in [-0.39, 0.29) is 5.02 Å². The average Bonchev–Trinajstić information content (AvgIpc) is 2.54. The summed E-state index contributed by atoms with van der Waals surface area (Å²) in [6.07, 6.45) is 3.20. The third kappa shape index (κ3) is 5.13. The van der Waals surface area contributed by atoms with E-state index in [1.54, 1.807) is 18.2 Å². The van der Waals surface area contributed by atoms with Crippen molar-refractivity contribution in [2.24, 2.45) is 5.10 Å². The molecule has 2 rings (SSSR count). The first kappa shape index (κ1) is 17.1. The molecule has 0 aromatic heterocycles. The predicted octanol–water partition coefficient (Wildman–Crippen LogP) is 4.32. The van der Waals surface area contributed by atoms with Gasteiger partial charge in [0.1, 0.15) is 12.4 Å². The maximum atomic E-state index is 12.0. The van der Waals surface area contributed by atoms with Gasteiger partial charge < -0.3 is 4.74 Å². The van der Waals surface area contributed by atoms with Crippen molar-refractivity contribution in [3.63, 3.8) is 0 Å². The van der Waals surface area contributed by atoms with Gasteiger partial charge in [-0.2, -0.15) is 5.10 Å². The molecular formula is C17H14Cl2N2O2. The standard InChI is InChI=1S/C17H14Cl2N2O2/c1-2-9-23-14-6-3-12(4-7-14)11-20-21-17(22)15-8-5-13(18)10-16(15)19/h2-8,10-11H,1,9H2,(H,21,22). The molecule has 0 atom stereocenters. The van der Waals surface area contributed by atoms with E-state index in [0.717, 1.165) is 11.3 Å². The number of carbonyl (C=O) groups excluding carboxylic acids is 1. The van der Waals surface area contributed by atoms with E-state index in [1.807, 2.05) is 24.3 Å². The lowest BCUT2D eigenvalue weighted by molar-refractivity contribution is 0.0955. The monoisotopic (exact) mass is 348 g/mol. The summed E-state index contributed by atoms with van der Waals surface area (Å²) >= 11 is 11.8. The number of nitrogens with zero attached hydrogens (tertiary/aromatic N) is 1. The van der Waals surface area contributed by atoms with Gasteiger partial charge in [-0.3, -0.25) is 4.79 Å². The van der Waals surface area contributed by atoms with Gasteiger partial charge in [0, 0.05) is 5.02 Å². The summed E-state index contributed by atoms with van der Waals surface area (Å²) in [7, 11) is 0. The normalized spacial score (nSPS) is 10.5. The Morgan fingerprint density at radius 1 is 1.22 bits per heavy atom. The number of benzene rings is 2. The minimum Gasteiger partial charge on any atom is -0.490 e. The number of carbonyl (C=O) groups is 1. The molecule has 0 fully saturated rings. The highest BCUT2D eigenvalue weighted by Crippen LogP contribution is 2.20. The van der Waals surface area contributed by atoms with Crippen molar-refractivity contribution in [1.29, 1.82) is 0 Å². The zero-order valence-corrected chi connectivity index (χ0v) is 13.6. The van der Waals surface area contributed by atoms with Crippen LogP contribution in [0, 0.1) is 0 Å². The first-order chi connectivity index (χ1) is 11.1. The molecule has 4 nitrogen and oxygen atoms in total. The van der Waals surface area contributed by atoms with Crippen LogP contribution >= 0.6 is 23.2 Å². The van der Waals surface area contributed by atoms with E-state index in [9.17, 15) is 4.79 Å². The molecule has 0 heterocycles. The lowest BCUT2D eigenvalue weighted by Gasteiger charge is -2.04. The largest absolute Gasteiger partial charge is 0.490 e. The van der Waals surface area contributed by atoms with Crippen molar-refractivity contribution in [3.8, 4) is 5.75 Å². The molecule has 2 aromatic carbocycles. The van der Waals surface area contributed by atoms with E-state index >= 15 is 0 Å². The zero-order chi connectivity index (χ0) is 16.7. The number of hydrogen-bond acceptors (Lipinski definition) is 3. The van der Waals surface area contributed by atoms with Crippen molar-refractivity contribution in [1.82, 2.24) is 5.43 Å². The van der Waals surface area contributed by atoms with Crippen LogP contribution in [0.15, 0.2) is 60.2 Å². The zero-order valence-electron chi connectivity index (χ0n) is 12.1. The maximum Gasteiger partial charge on any atom is 0.272 e. The minimum absolute atomic E-state index is 0.272. The van der Waals surface area contributed by atoms with Gasteiger partial charge in [0.2, 0.25) is 0 Å². The smallest absolute Gasteiger partial charge is 0.272 e. The fraction of sp³-hybridized carbons (Fsp3) is 0.0588. The van der Waals surface area contributed by atoms with Crippen molar-refractivity contribution in [3.05, 3.63) is 76.3 Å². The van der Waals surface area contributed by atoms with Crippen LogP contribution in [0.3, 0.4) is 0 Å². The maximum absolute atomic E-state index is 12.0. The van der Waals surface area contributed by atoms with Crippen LogP contribution in [0.2, 0.25) is 10.0 Å². The molecule has 0 aliphatic carbocycles. The molecule has 118 valence electrons. The number of amides is 1. The van der Waals surface area contributed by atoms with Gasteiger partial charge in [0.15, 0.2) is 0 Å². The number of nitrogens with one attached hydrogen (secondary N) is 1. The van der Waals surface area contributed by atoms with Crippen LogP contribution in [0.5, 0.6) is 5.75 Å². The summed E-state index contributed by atoms with van der Waals surface area (Å²) in [5.74, 6) is 0.327. The van der Waals surface area contributed by atoms with Crippen LogP contribution in [0.25, 0.3) is 0 Å². The Hall–Kier alpha value is -2.30. The molecule has 0 unspecified atom stereocenters. The molecule has 0 aliphatic rings. The molecule has 0 bridgehead atoms. The number of hydrogen-bond donors (Lipinski definition) is 1. The molecule has 2 aromatic rings. The van der Waals surface area contributed by atoms with Crippen molar-refractivity contribution in [2.75, 3.05) is 6.61 Å². The molecular weight excluding hydrogens is 335 g/mol. The second-order valence-electron chi connectivity index (χ2n) is 4.49. The average molecular weight is 349 g/mol. The van der Waals surface area contributed by atoms with Crippen molar-refractivity contribution < 1.29 is 9.53 Å². The molecule has 0 radical (unpaired) electrons. The fourth-order valence-electron chi connectivity index (χ4n) is 1.70. The molecule has 0 saturated heterocycles. The molecule has 1 N–H and O–H groups in total. The summed E-state index contributed by atoms with van der Waals surface area (Å²) in [6, 6.07) is 11.9. The first-order valence-corrected chi connectivity index (χ1v) is 7.48. The number of rotatable bonds is 6.